The van der Waals surface area contributed by atoms with Gasteiger partial charge in [-0.1, -0.05) is 31.3 Å². The lowest BCUT2D eigenvalue weighted by atomic mass is 10.3. The van der Waals surface area contributed by atoms with Gasteiger partial charge in [-0.05, 0) is 6.42 Å². The minimum Gasteiger partial charge on any atom is -0.479 e. The van der Waals surface area contributed by atoms with Crippen LogP contribution in [0.4, 0.5) is 0 Å². The Kier molecular flexibility index (Phi) is 2.81. The van der Waals surface area contributed by atoms with Crippen molar-refractivity contribution in [1.29, 1.82) is 0 Å². The Balaban J connectivity index is 2.68. The van der Waals surface area contributed by atoms with E-state index in [1.165, 1.54) is 0 Å². The number of aliphatic carboxylic acids is 1. The van der Waals surface area contributed by atoms with E-state index in [0.29, 0.717) is 11.5 Å². The van der Waals surface area contributed by atoms with Crippen LogP contribution in [0.2, 0.25) is 0 Å². The van der Waals surface area contributed by atoms with Gasteiger partial charge >= 0.3 is 5.97 Å². The second kappa shape index (κ2) is 3.67. The van der Waals surface area contributed by atoms with E-state index in [9.17, 15) is 4.79 Å². The molecule has 0 amide bonds. The normalized spacial score (nSPS) is 21.4. The zero-order chi connectivity index (χ0) is 9.14. The molecule has 1 aliphatic heterocycles. The van der Waals surface area contributed by atoms with Gasteiger partial charge in [0.2, 0.25) is 0 Å². The molecule has 3 nitrogen and oxygen atoms in total. The number of rotatable bonds is 2. The summed E-state index contributed by atoms with van der Waals surface area (Å²) in [7, 11) is 0. The van der Waals surface area contributed by atoms with E-state index in [1.54, 1.807) is 11.0 Å². The Labute approximate surface area is 76.7 Å². The fourth-order valence-corrected chi connectivity index (χ4v) is 1.38. The molecule has 0 saturated carbocycles. The van der Waals surface area contributed by atoms with Crippen molar-refractivity contribution in [2.75, 3.05) is 6.54 Å². The van der Waals surface area contributed by atoms with Crippen LogP contribution in [0.3, 0.4) is 0 Å². The number of hydrogen-bond donors (Lipinski definition) is 1. The molecule has 12 heavy (non-hydrogen) atoms. The molecule has 0 bridgehead atoms. The fourth-order valence-electron chi connectivity index (χ4n) is 1.20. The predicted octanol–water partition coefficient (Wildman–Crippen LogP) is 1.05. The Morgan fingerprint density at radius 2 is 2.50 bits per heavy atom. The molecule has 0 aliphatic carbocycles. The minimum absolute atomic E-state index is 0.544. The minimum atomic E-state index is -0.834. The lowest BCUT2D eigenvalue weighted by Gasteiger charge is -2.23. The SMILES string of the molecule is CCC(=S)N1CC=CC1C(=O)O. The third kappa shape index (κ3) is 1.64. The van der Waals surface area contributed by atoms with Gasteiger partial charge < -0.3 is 10.0 Å². The summed E-state index contributed by atoms with van der Waals surface area (Å²) in [4.78, 5) is 13.1. The van der Waals surface area contributed by atoms with Gasteiger partial charge in [0.05, 0.1) is 4.99 Å². The van der Waals surface area contributed by atoms with Crippen LogP contribution in [0.1, 0.15) is 13.3 Å². The molecule has 1 unspecified atom stereocenters. The lowest BCUT2D eigenvalue weighted by molar-refractivity contribution is -0.139. The number of thiocarbonyl (C=S) groups is 1. The summed E-state index contributed by atoms with van der Waals surface area (Å²) in [5, 5.41) is 8.78. The average Bonchev–Trinajstić information content (AvgIpc) is 2.50. The average molecular weight is 185 g/mol. The van der Waals surface area contributed by atoms with Gasteiger partial charge in [-0.2, -0.15) is 0 Å². The van der Waals surface area contributed by atoms with Crippen LogP contribution in [-0.4, -0.2) is 33.6 Å². The van der Waals surface area contributed by atoms with E-state index in [2.05, 4.69) is 0 Å². The van der Waals surface area contributed by atoms with Gasteiger partial charge in [0.1, 0.15) is 6.04 Å². The van der Waals surface area contributed by atoms with E-state index >= 15 is 0 Å². The standard InChI is InChI=1S/C8H11NO2S/c1-2-7(12)9-5-3-4-6(9)8(10)11/h3-4,6H,2,5H2,1H3,(H,10,11). The topological polar surface area (TPSA) is 40.5 Å². The Morgan fingerprint density at radius 1 is 1.83 bits per heavy atom. The van der Waals surface area contributed by atoms with Gasteiger partial charge in [0, 0.05) is 6.54 Å². The van der Waals surface area contributed by atoms with Crippen LogP contribution < -0.4 is 0 Å². The van der Waals surface area contributed by atoms with Crippen molar-refractivity contribution < 1.29 is 9.90 Å². The first-order chi connectivity index (χ1) is 5.66. The smallest absolute Gasteiger partial charge is 0.330 e. The van der Waals surface area contributed by atoms with Gasteiger partial charge in [0.25, 0.3) is 0 Å². The molecule has 1 heterocycles. The van der Waals surface area contributed by atoms with Crippen molar-refractivity contribution in [3.8, 4) is 0 Å². The summed E-state index contributed by atoms with van der Waals surface area (Å²) >= 11 is 5.03. The summed E-state index contributed by atoms with van der Waals surface area (Å²) in [5.74, 6) is -0.834. The van der Waals surface area contributed by atoms with Crippen molar-refractivity contribution in [3.63, 3.8) is 0 Å². The molecule has 0 spiro atoms. The first kappa shape index (κ1) is 9.19. The van der Waals surface area contributed by atoms with Crippen LogP contribution in [0.25, 0.3) is 0 Å². The summed E-state index contributed by atoms with van der Waals surface area (Å²) < 4.78 is 0. The van der Waals surface area contributed by atoms with Crippen LogP contribution in [-0.2, 0) is 4.79 Å². The molecule has 1 atom stereocenters. The molecule has 0 radical (unpaired) electrons. The molecule has 1 rings (SSSR count). The largest absolute Gasteiger partial charge is 0.479 e. The van der Waals surface area contributed by atoms with E-state index in [4.69, 9.17) is 17.3 Å². The van der Waals surface area contributed by atoms with Crippen molar-refractivity contribution in [2.24, 2.45) is 0 Å². The zero-order valence-corrected chi connectivity index (χ0v) is 7.67. The molecule has 4 heteroatoms. The number of carboxylic acid groups (broad SMARTS) is 1. The molecular weight excluding hydrogens is 174 g/mol. The highest BCUT2D eigenvalue weighted by Gasteiger charge is 2.26. The van der Waals surface area contributed by atoms with Crippen LogP contribution in [0, 0.1) is 0 Å². The van der Waals surface area contributed by atoms with Crippen molar-refractivity contribution >= 4 is 23.2 Å². The van der Waals surface area contributed by atoms with Gasteiger partial charge in [0.15, 0.2) is 0 Å². The first-order valence-corrected chi connectivity index (χ1v) is 4.26. The molecule has 0 aromatic carbocycles. The monoisotopic (exact) mass is 185 g/mol. The number of carboxylic acids is 1. The first-order valence-electron chi connectivity index (χ1n) is 3.85. The second-order valence-electron chi connectivity index (χ2n) is 2.61. The molecule has 66 valence electrons. The van der Waals surface area contributed by atoms with E-state index < -0.39 is 12.0 Å². The van der Waals surface area contributed by atoms with Crippen LogP contribution in [0.5, 0.6) is 0 Å². The van der Waals surface area contributed by atoms with Crippen LogP contribution in [0.15, 0.2) is 12.2 Å². The highest BCUT2D eigenvalue weighted by molar-refractivity contribution is 7.80. The quantitative estimate of drug-likeness (QED) is 0.515. The molecule has 1 N–H and O–H groups in total. The zero-order valence-electron chi connectivity index (χ0n) is 6.86. The van der Waals surface area contributed by atoms with E-state index in [-0.39, 0.29) is 0 Å². The molecule has 1 aliphatic rings. The lowest BCUT2D eigenvalue weighted by Crippen LogP contribution is -2.39. The Morgan fingerprint density at radius 3 is 3.00 bits per heavy atom. The fraction of sp³-hybridized carbons (Fsp3) is 0.500. The highest BCUT2D eigenvalue weighted by Crippen LogP contribution is 2.12. The molecule has 0 fully saturated rings. The Hall–Kier alpha value is -0.900. The summed E-state index contributed by atoms with van der Waals surface area (Å²) in [6.07, 6.45) is 4.23. The van der Waals surface area contributed by atoms with Gasteiger partial charge in [-0.3, -0.25) is 0 Å². The highest BCUT2D eigenvalue weighted by atomic mass is 32.1. The number of hydrogen-bond acceptors (Lipinski definition) is 2. The van der Waals surface area contributed by atoms with Gasteiger partial charge in [-0.25, -0.2) is 4.79 Å². The van der Waals surface area contributed by atoms with Crippen molar-refractivity contribution in [3.05, 3.63) is 12.2 Å². The van der Waals surface area contributed by atoms with E-state index in [0.717, 1.165) is 6.42 Å². The number of nitrogens with zero attached hydrogens (tertiary/aromatic N) is 1. The number of carbonyl (C=O) groups is 1. The summed E-state index contributed by atoms with van der Waals surface area (Å²) in [5.41, 5.74) is 0. The maximum Gasteiger partial charge on any atom is 0.330 e. The predicted molar refractivity (Wildman–Crippen MR) is 50.2 cm³/mol. The van der Waals surface area contributed by atoms with Crippen molar-refractivity contribution in [2.45, 2.75) is 19.4 Å². The second-order valence-corrected chi connectivity index (χ2v) is 3.08. The maximum absolute atomic E-state index is 10.7. The molecule has 0 aromatic rings. The third-order valence-electron chi connectivity index (χ3n) is 1.83. The molecule has 0 aromatic heterocycles. The maximum atomic E-state index is 10.7. The van der Waals surface area contributed by atoms with Gasteiger partial charge in [-0.15, -0.1) is 0 Å². The Bertz CT molecular complexity index is 237. The third-order valence-corrected chi connectivity index (χ3v) is 2.36. The molecule has 0 saturated heterocycles. The summed E-state index contributed by atoms with van der Waals surface area (Å²) in [6.45, 7) is 2.56. The molecular formula is C8H11NO2S. The summed E-state index contributed by atoms with van der Waals surface area (Å²) in [6, 6.07) is -0.544. The van der Waals surface area contributed by atoms with Crippen LogP contribution >= 0.6 is 12.2 Å². The van der Waals surface area contributed by atoms with E-state index in [1.807, 2.05) is 13.0 Å². The van der Waals surface area contributed by atoms with Crippen molar-refractivity contribution in [1.82, 2.24) is 4.90 Å².